The Labute approximate surface area is 125 Å². The molecule has 21 heavy (non-hydrogen) atoms. The average Bonchev–Trinajstić information content (AvgIpc) is 2.49. The van der Waals surface area contributed by atoms with Gasteiger partial charge in [-0.05, 0) is 18.9 Å². The predicted octanol–water partition coefficient (Wildman–Crippen LogP) is 4.81. The molecule has 2 aromatic rings. The Morgan fingerprint density at radius 2 is 1.71 bits per heavy atom. The van der Waals surface area contributed by atoms with Gasteiger partial charge in [-0.2, -0.15) is 0 Å². The molecule has 0 amide bonds. The Hall–Kier alpha value is -2.35. The topological polar surface area (TPSA) is 37.3 Å². The van der Waals surface area contributed by atoms with E-state index in [0.29, 0.717) is 18.4 Å². The first-order valence-electron chi connectivity index (χ1n) is 7.10. The van der Waals surface area contributed by atoms with Crippen LogP contribution in [0.2, 0.25) is 0 Å². The summed E-state index contributed by atoms with van der Waals surface area (Å²) in [4.78, 5) is 12.8. The number of aliphatic hydroxyl groups is 1. The van der Waals surface area contributed by atoms with E-state index in [1.807, 2.05) is 61.5 Å². The normalized spacial score (nSPS) is 11.9. The third-order valence-corrected chi connectivity index (χ3v) is 3.58. The van der Waals surface area contributed by atoms with Crippen LogP contribution in [0, 0.1) is 6.92 Å². The Bertz CT molecular complexity index is 612. The molecule has 0 saturated carbocycles. The maximum atomic E-state index is 12.8. The number of carbonyl (C=O) groups excluding carboxylic acids is 1. The molecule has 1 N–H and O–H groups in total. The minimum Gasteiger partial charge on any atom is -0.513 e. The fourth-order valence-corrected chi connectivity index (χ4v) is 2.36. The van der Waals surface area contributed by atoms with Crippen molar-refractivity contribution in [2.75, 3.05) is 0 Å². The summed E-state index contributed by atoms with van der Waals surface area (Å²) < 4.78 is 0. The van der Waals surface area contributed by atoms with Gasteiger partial charge in [-0.3, -0.25) is 4.79 Å². The molecule has 2 aromatic carbocycles. The van der Waals surface area contributed by atoms with Gasteiger partial charge in [-0.15, -0.1) is 0 Å². The van der Waals surface area contributed by atoms with E-state index in [9.17, 15) is 9.90 Å². The first kappa shape index (κ1) is 15.0. The predicted molar refractivity (Wildman–Crippen MR) is 85.7 cm³/mol. The fourth-order valence-electron chi connectivity index (χ4n) is 2.36. The summed E-state index contributed by atoms with van der Waals surface area (Å²) in [6, 6.07) is 17.3. The van der Waals surface area contributed by atoms with Crippen LogP contribution in [0.25, 0.3) is 0 Å². The maximum Gasteiger partial charge on any atom is 0.170 e. The van der Waals surface area contributed by atoms with E-state index in [1.54, 1.807) is 0 Å². The van der Waals surface area contributed by atoms with E-state index in [-0.39, 0.29) is 17.5 Å². The highest BCUT2D eigenvalue weighted by Crippen LogP contribution is 2.27. The molecule has 2 rings (SSSR count). The number of aliphatic hydroxyl groups excluding tert-OH is 1. The summed E-state index contributed by atoms with van der Waals surface area (Å²) >= 11 is 0. The highest BCUT2D eigenvalue weighted by atomic mass is 16.3. The number of rotatable bonds is 6. The van der Waals surface area contributed by atoms with Crippen molar-refractivity contribution in [1.29, 1.82) is 0 Å². The molecule has 0 fully saturated rings. The number of hydrogen-bond acceptors (Lipinski definition) is 2. The monoisotopic (exact) mass is 280 g/mol. The zero-order chi connectivity index (χ0) is 15.2. The first-order valence-corrected chi connectivity index (χ1v) is 7.10. The van der Waals surface area contributed by atoms with Crippen LogP contribution in [0.1, 0.15) is 40.2 Å². The van der Waals surface area contributed by atoms with Crippen molar-refractivity contribution in [1.82, 2.24) is 0 Å². The molecule has 0 bridgehead atoms. The van der Waals surface area contributed by atoms with Gasteiger partial charge in [0.2, 0.25) is 0 Å². The van der Waals surface area contributed by atoms with Crippen LogP contribution < -0.4 is 0 Å². The molecular formula is C19H20O2. The molecule has 0 aliphatic heterocycles. The minimum atomic E-state index is -0.252. The Morgan fingerprint density at radius 3 is 2.29 bits per heavy atom. The summed E-state index contributed by atoms with van der Waals surface area (Å²) in [7, 11) is 0. The average molecular weight is 280 g/mol. The fraction of sp³-hybridized carbons (Fsp3) is 0.211. The van der Waals surface area contributed by atoms with E-state index >= 15 is 0 Å². The van der Waals surface area contributed by atoms with Gasteiger partial charge < -0.3 is 5.11 Å². The van der Waals surface area contributed by atoms with E-state index in [1.165, 1.54) is 0 Å². The van der Waals surface area contributed by atoms with Gasteiger partial charge in [0.25, 0.3) is 0 Å². The number of hydrogen-bond donors (Lipinski definition) is 1. The van der Waals surface area contributed by atoms with Gasteiger partial charge >= 0.3 is 0 Å². The number of ketones is 1. The molecule has 2 heteroatoms. The standard InChI is InChI=1S/C19H20O2/c1-14-8-11-17(12-9-14)19(21)18(13-10-15(2)20)16-6-4-3-5-7-16/h3-9,11-12,18,20H,2,10,13H2,1H3/t18-/m0/s1. The van der Waals surface area contributed by atoms with Crippen molar-refractivity contribution in [2.24, 2.45) is 0 Å². The zero-order valence-electron chi connectivity index (χ0n) is 12.3. The van der Waals surface area contributed by atoms with E-state index < -0.39 is 0 Å². The molecule has 0 aromatic heterocycles. The van der Waals surface area contributed by atoms with E-state index in [4.69, 9.17) is 0 Å². The second-order valence-electron chi connectivity index (χ2n) is 5.30. The first-order chi connectivity index (χ1) is 10.1. The lowest BCUT2D eigenvalue weighted by Crippen LogP contribution is -2.13. The van der Waals surface area contributed by atoms with Crippen LogP contribution in [-0.4, -0.2) is 10.9 Å². The summed E-state index contributed by atoms with van der Waals surface area (Å²) in [6.45, 7) is 5.51. The van der Waals surface area contributed by atoms with Crippen LogP contribution >= 0.6 is 0 Å². The van der Waals surface area contributed by atoms with Crippen molar-refractivity contribution >= 4 is 5.78 Å². The van der Waals surface area contributed by atoms with Crippen LogP contribution in [0.3, 0.4) is 0 Å². The van der Waals surface area contributed by atoms with Gasteiger partial charge in [0.1, 0.15) is 0 Å². The molecule has 0 spiro atoms. The molecule has 0 aliphatic carbocycles. The van der Waals surface area contributed by atoms with Gasteiger partial charge in [0, 0.05) is 17.9 Å². The summed E-state index contributed by atoms with van der Waals surface area (Å²) in [5, 5.41) is 9.33. The largest absolute Gasteiger partial charge is 0.513 e. The van der Waals surface area contributed by atoms with Crippen molar-refractivity contribution in [3.05, 3.63) is 83.6 Å². The number of aryl methyl sites for hydroxylation is 1. The van der Waals surface area contributed by atoms with Gasteiger partial charge in [-0.25, -0.2) is 0 Å². The Balaban J connectivity index is 2.28. The lowest BCUT2D eigenvalue weighted by Gasteiger charge is -2.16. The van der Waals surface area contributed by atoms with Gasteiger partial charge in [-0.1, -0.05) is 66.7 Å². The SMILES string of the molecule is C=C(O)CC[C@H](C(=O)c1ccc(C)cc1)c1ccccc1. The van der Waals surface area contributed by atoms with Crippen LogP contribution in [0.5, 0.6) is 0 Å². The Kier molecular flexibility index (Phi) is 4.94. The molecule has 2 nitrogen and oxygen atoms in total. The maximum absolute atomic E-state index is 12.8. The summed E-state index contributed by atoms with van der Waals surface area (Å²) in [6.07, 6.45) is 0.989. The summed E-state index contributed by atoms with van der Waals surface area (Å²) in [5.74, 6) is -0.0482. The highest BCUT2D eigenvalue weighted by molar-refractivity contribution is 6.01. The van der Waals surface area contributed by atoms with Crippen LogP contribution in [0.15, 0.2) is 66.9 Å². The van der Waals surface area contributed by atoms with E-state index in [2.05, 4.69) is 6.58 Å². The highest BCUT2D eigenvalue weighted by Gasteiger charge is 2.21. The second kappa shape index (κ2) is 6.89. The number of Topliss-reactive ketones (excluding diaryl/α,β-unsaturated/α-hetero) is 1. The number of benzene rings is 2. The minimum absolute atomic E-state index is 0.0856. The molecule has 0 unspecified atom stereocenters. The molecular weight excluding hydrogens is 260 g/mol. The smallest absolute Gasteiger partial charge is 0.170 e. The van der Waals surface area contributed by atoms with Gasteiger partial charge in [0.05, 0.1) is 5.76 Å². The second-order valence-corrected chi connectivity index (χ2v) is 5.30. The quantitative estimate of drug-likeness (QED) is 0.609. The van der Waals surface area contributed by atoms with Crippen molar-refractivity contribution in [3.8, 4) is 0 Å². The number of carbonyl (C=O) groups is 1. The summed E-state index contributed by atoms with van der Waals surface area (Å²) in [5.41, 5.74) is 2.81. The third-order valence-electron chi connectivity index (χ3n) is 3.58. The molecule has 0 aliphatic rings. The zero-order valence-corrected chi connectivity index (χ0v) is 12.3. The van der Waals surface area contributed by atoms with Crippen LogP contribution in [0.4, 0.5) is 0 Å². The lowest BCUT2D eigenvalue weighted by atomic mass is 9.86. The van der Waals surface area contributed by atoms with Gasteiger partial charge in [0.15, 0.2) is 5.78 Å². The molecule has 0 saturated heterocycles. The third kappa shape index (κ3) is 4.06. The lowest BCUT2D eigenvalue weighted by molar-refractivity contribution is 0.0954. The van der Waals surface area contributed by atoms with Crippen molar-refractivity contribution < 1.29 is 9.90 Å². The molecule has 1 atom stereocenters. The van der Waals surface area contributed by atoms with Crippen molar-refractivity contribution in [2.45, 2.75) is 25.7 Å². The number of allylic oxidation sites excluding steroid dienone is 1. The Morgan fingerprint density at radius 1 is 1.10 bits per heavy atom. The molecule has 0 heterocycles. The van der Waals surface area contributed by atoms with E-state index in [0.717, 1.165) is 11.1 Å². The van der Waals surface area contributed by atoms with Crippen LogP contribution in [-0.2, 0) is 0 Å². The van der Waals surface area contributed by atoms with Crippen molar-refractivity contribution in [3.63, 3.8) is 0 Å². The molecule has 108 valence electrons. The molecule has 0 radical (unpaired) electrons.